The van der Waals surface area contributed by atoms with Gasteiger partial charge < -0.3 is 5.32 Å². The van der Waals surface area contributed by atoms with Crippen LogP contribution in [-0.2, 0) is 10.2 Å². The van der Waals surface area contributed by atoms with Gasteiger partial charge in [0.05, 0.1) is 5.41 Å². The van der Waals surface area contributed by atoms with Crippen LogP contribution < -0.4 is 11.1 Å². The van der Waals surface area contributed by atoms with Crippen molar-refractivity contribution in [2.24, 2.45) is 0 Å². The lowest BCUT2D eigenvalue weighted by Crippen LogP contribution is -2.38. The molecular weight excluding hydrogens is 366 g/mol. The highest BCUT2D eigenvalue weighted by atomic mass is 16.5. The topological polar surface area (TPSA) is 88.0 Å². The second-order valence-corrected chi connectivity index (χ2v) is 6.84. The van der Waals surface area contributed by atoms with Crippen molar-refractivity contribution in [2.45, 2.75) is 12.3 Å². The molecule has 0 radical (unpaired) electrons. The van der Waals surface area contributed by atoms with Gasteiger partial charge in [-0.25, -0.2) is 4.79 Å². The number of carbonyl (C=O) groups is 1. The second kappa shape index (κ2) is 7.59. The largest absolute Gasteiger partial charge is 0.439 e. The van der Waals surface area contributed by atoms with Gasteiger partial charge in [-0.15, -0.1) is 0 Å². The van der Waals surface area contributed by atoms with Gasteiger partial charge in [0.1, 0.15) is 0 Å². The quantitative estimate of drug-likeness (QED) is 0.544. The normalized spacial score (nSPS) is 11.2. The highest BCUT2D eigenvalue weighted by Gasteiger charge is 2.37. The maximum Gasteiger partial charge on any atom is 0.439 e. The minimum atomic E-state index is -0.888. The minimum Gasteiger partial charge on any atom is -0.325 e. The van der Waals surface area contributed by atoms with Gasteiger partial charge in [0.25, 0.3) is 0 Å². The molecule has 3 aromatic carbocycles. The first kappa shape index (κ1) is 18.4. The number of anilines is 1. The van der Waals surface area contributed by atoms with Crippen LogP contribution >= 0.6 is 0 Å². The van der Waals surface area contributed by atoms with E-state index in [9.17, 15) is 9.59 Å². The molecule has 4 rings (SSSR count). The number of hydrogen-bond acceptors (Lipinski definition) is 4. The molecule has 0 saturated heterocycles. The zero-order valence-electron chi connectivity index (χ0n) is 15.8. The van der Waals surface area contributed by atoms with Crippen LogP contribution in [0.4, 0.5) is 5.69 Å². The van der Waals surface area contributed by atoms with Gasteiger partial charge in [0.15, 0.2) is 5.82 Å². The van der Waals surface area contributed by atoms with Crippen LogP contribution in [0.5, 0.6) is 0 Å². The molecule has 0 atom stereocenters. The Morgan fingerprint density at radius 1 is 0.931 bits per heavy atom. The zero-order valence-corrected chi connectivity index (χ0v) is 15.8. The summed E-state index contributed by atoms with van der Waals surface area (Å²) in [7, 11) is 0. The van der Waals surface area contributed by atoms with E-state index in [1.165, 1.54) is 0 Å². The molecule has 0 aliphatic heterocycles. The van der Waals surface area contributed by atoms with Crippen molar-refractivity contribution in [2.75, 3.05) is 5.32 Å². The van der Waals surface area contributed by atoms with Crippen molar-refractivity contribution in [1.82, 2.24) is 10.1 Å². The zero-order chi connectivity index (χ0) is 20.3. The van der Waals surface area contributed by atoms with E-state index in [4.69, 9.17) is 0 Å². The van der Waals surface area contributed by atoms with Crippen LogP contribution in [0.25, 0.3) is 11.4 Å². The van der Waals surface area contributed by atoms with Gasteiger partial charge in [-0.2, -0.15) is 0 Å². The molecule has 0 aliphatic rings. The van der Waals surface area contributed by atoms with E-state index in [-0.39, 0.29) is 5.91 Å². The fraction of sp³-hybridized carbons (Fsp3) is 0.0870. The Hall–Kier alpha value is -3.93. The van der Waals surface area contributed by atoms with Crippen molar-refractivity contribution >= 4 is 11.6 Å². The predicted molar refractivity (Wildman–Crippen MR) is 111 cm³/mol. The van der Waals surface area contributed by atoms with E-state index in [2.05, 4.69) is 20.0 Å². The molecule has 1 heterocycles. The summed E-state index contributed by atoms with van der Waals surface area (Å²) < 4.78 is 4.56. The first-order chi connectivity index (χ1) is 14.1. The number of hydrogen-bond donors (Lipinski definition) is 2. The maximum atomic E-state index is 13.5. The lowest BCUT2D eigenvalue weighted by molar-refractivity contribution is -0.119. The summed E-state index contributed by atoms with van der Waals surface area (Å²) in [4.78, 5) is 27.2. The van der Waals surface area contributed by atoms with E-state index in [0.717, 1.165) is 11.1 Å². The number of nitrogens with zero attached hydrogens (tertiary/aromatic N) is 1. The van der Waals surface area contributed by atoms with Gasteiger partial charge in [-0.05, 0) is 30.2 Å². The Morgan fingerprint density at radius 2 is 1.55 bits per heavy atom. The molecule has 29 heavy (non-hydrogen) atoms. The van der Waals surface area contributed by atoms with Gasteiger partial charge in [0.2, 0.25) is 5.91 Å². The summed E-state index contributed by atoms with van der Waals surface area (Å²) in [6.45, 7) is 1.91. The Morgan fingerprint density at radius 3 is 2.10 bits per heavy atom. The maximum absolute atomic E-state index is 13.5. The highest BCUT2D eigenvalue weighted by Crippen LogP contribution is 2.33. The average molecular weight is 385 g/mol. The van der Waals surface area contributed by atoms with Gasteiger partial charge in [0, 0.05) is 11.3 Å². The predicted octanol–water partition coefficient (Wildman–Crippen LogP) is 3.97. The smallest absolute Gasteiger partial charge is 0.325 e. The first-order valence-corrected chi connectivity index (χ1v) is 9.16. The average Bonchev–Trinajstić information content (AvgIpc) is 3.21. The van der Waals surface area contributed by atoms with E-state index < -0.39 is 11.2 Å². The number of benzene rings is 3. The molecule has 0 aliphatic carbocycles. The van der Waals surface area contributed by atoms with Crippen LogP contribution in [0.1, 0.15) is 18.1 Å². The molecule has 4 aromatic rings. The van der Waals surface area contributed by atoms with E-state index in [1.54, 1.807) is 24.3 Å². The molecule has 1 aromatic heterocycles. The highest BCUT2D eigenvalue weighted by molar-refractivity contribution is 6.01. The molecule has 2 N–H and O–H groups in total. The summed E-state index contributed by atoms with van der Waals surface area (Å²) in [6, 6.07) is 26.4. The van der Waals surface area contributed by atoms with Crippen LogP contribution in [0.3, 0.4) is 0 Å². The van der Waals surface area contributed by atoms with Crippen molar-refractivity contribution < 1.29 is 9.32 Å². The van der Waals surface area contributed by atoms with Crippen LogP contribution in [-0.4, -0.2) is 16.0 Å². The summed E-state index contributed by atoms with van der Waals surface area (Å²) >= 11 is 0. The summed E-state index contributed by atoms with van der Waals surface area (Å²) in [5.41, 5.74) is 2.12. The third kappa shape index (κ3) is 3.60. The Kier molecular flexibility index (Phi) is 4.83. The fourth-order valence-electron chi connectivity index (χ4n) is 3.33. The van der Waals surface area contributed by atoms with Crippen molar-refractivity contribution in [1.29, 1.82) is 0 Å². The standard InChI is InChI=1S/C23H19N3O3/c1-23(17-10-4-2-5-11-17,18-12-6-3-7-13-18)21(27)24-19-14-8-9-16(15-19)20-25-22(28)29-26-20/h2-15H,1H3,(H,24,27)(H,25,26,28). The lowest BCUT2D eigenvalue weighted by atomic mass is 9.75. The summed E-state index contributed by atoms with van der Waals surface area (Å²) in [5.74, 6) is -0.490. The number of amides is 1. The molecule has 0 spiro atoms. The summed E-state index contributed by atoms with van der Waals surface area (Å²) in [5, 5.41) is 6.70. The van der Waals surface area contributed by atoms with Gasteiger partial charge in [-0.1, -0.05) is 78.0 Å². The monoisotopic (exact) mass is 385 g/mol. The molecule has 0 fully saturated rings. The molecule has 6 nitrogen and oxygen atoms in total. The SMILES string of the molecule is CC(C(=O)Nc1cccc(-c2noc(=O)[nH]2)c1)(c1ccccc1)c1ccccc1. The number of aromatic nitrogens is 2. The minimum absolute atomic E-state index is 0.166. The second-order valence-electron chi connectivity index (χ2n) is 6.84. The molecule has 144 valence electrons. The molecule has 0 unspecified atom stereocenters. The number of rotatable bonds is 5. The Labute approximate surface area is 167 Å². The van der Waals surface area contributed by atoms with Gasteiger partial charge in [-0.3, -0.25) is 14.3 Å². The molecular formula is C23H19N3O3. The Bertz CT molecular complexity index is 1140. The van der Waals surface area contributed by atoms with E-state index >= 15 is 0 Å². The number of aromatic amines is 1. The molecule has 6 heteroatoms. The van der Waals surface area contributed by atoms with E-state index in [0.29, 0.717) is 17.1 Å². The number of nitrogens with one attached hydrogen (secondary N) is 2. The van der Waals surface area contributed by atoms with Crippen molar-refractivity contribution in [3.8, 4) is 11.4 Å². The lowest BCUT2D eigenvalue weighted by Gasteiger charge is -2.29. The molecule has 0 saturated carbocycles. The number of H-pyrrole nitrogens is 1. The third-order valence-corrected chi connectivity index (χ3v) is 4.99. The summed E-state index contributed by atoms with van der Waals surface area (Å²) in [6.07, 6.45) is 0. The van der Waals surface area contributed by atoms with Gasteiger partial charge >= 0.3 is 5.76 Å². The number of carbonyl (C=O) groups excluding carboxylic acids is 1. The fourth-order valence-corrected chi connectivity index (χ4v) is 3.33. The van der Waals surface area contributed by atoms with Crippen LogP contribution in [0.2, 0.25) is 0 Å². The van der Waals surface area contributed by atoms with Crippen LogP contribution in [0, 0.1) is 0 Å². The third-order valence-electron chi connectivity index (χ3n) is 4.99. The van der Waals surface area contributed by atoms with Crippen LogP contribution in [0.15, 0.2) is 94.2 Å². The molecule has 1 amide bonds. The van der Waals surface area contributed by atoms with E-state index in [1.807, 2.05) is 67.6 Å². The van der Waals surface area contributed by atoms with Crippen molar-refractivity contribution in [3.05, 3.63) is 107 Å². The first-order valence-electron chi connectivity index (χ1n) is 9.16. The van der Waals surface area contributed by atoms with Crippen molar-refractivity contribution in [3.63, 3.8) is 0 Å². The Balaban J connectivity index is 1.70. The molecule has 0 bridgehead atoms.